The molecule has 0 N–H and O–H groups in total. The molecule has 0 unspecified atom stereocenters. The topological polar surface area (TPSA) is 52.6 Å². The van der Waals surface area contributed by atoms with Crippen LogP contribution >= 0.6 is 0 Å². The number of hydrogen-bond donors (Lipinski definition) is 0. The molecule has 0 aliphatic heterocycles. The maximum atomic E-state index is 11.8. The first-order valence-corrected chi connectivity index (χ1v) is 5.58. The van der Waals surface area contributed by atoms with E-state index in [0.29, 0.717) is 0 Å². The summed E-state index contributed by atoms with van der Waals surface area (Å²) in [6, 6.07) is 0. The molecule has 4 heteroatoms. The molecule has 4 nitrogen and oxygen atoms in total. The molecule has 0 saturated carbocycles. The third-order valence-corrected chi connectivity index (χ3v) is 3.41. The van der Waals surface area contributed by atoms with E-state index in [-0.39, 0.29) is 5.41 Å². The summed E-state index contributed by atoms with van der Waals surface area (Å²) in [6.45, 7) is 7.84. The summed E-state index contributed by atoms with van der Waals surface area (Å²) in [5.41, 5.74) is 0.485. The van der Waals surface area contributed by atoms with Crippen molar-refractivity contribution in [2.45, 2.75) is 27.7 Å². The monoisotopic (exact) mass is 240 g/mol. The lowest BCUT2D eigenvalue weighted by Gasteiger charge is -2.30. The number of rotatable bonds is 4. The van der Waals surface area contributed by atoms with Gasteiger partial charge >= 0.3 is 11.9 Å². The maximum absolute atomic E-state index is 11.8. The predicted molar refractivity (Wildman–Crippen MR) is 63.2 cm³/mol. The standard InChI is InChI=1S/C13H20O4/c1-12(2)7-8(12)13(3,4)9(10(14)16-5)11(15)17-6/h7,9H,1-6H3. The first-order chi connectivity index (χ1) is 7.68. The van der Waals surface area contributed by atoms with Crippen LogP contribution in [0.15, 0.2) is 11.6 Å². The number of ether oxygens (including phenoxy) is 2. The quantitative estimate of drug-likeness (QED) is 0.428. The first-order valence-electron chi connectivity index (χ1n) is 5.58. The van der Waals surface area contributed by atoms with Gasteiger partial charge in [-0.2, -0.15) is 0 Å². The highest BCUT2D eigenvalue weighted by molar-refractivity contribution is 5.96. The molecule has 0 aromatic carbocycles. The van der Waals surface area contributed by atoms with Gasteiger partial charge in [0.15, 0.2) is 5.92 Å². The lowest BCUT2D eigenvalue weighted by atomic mass is 9.73. The second kappa shape index (κ2) is 4.17. The molecule has 0 atom stereocenters. The van der Waals surface area contributed by atoms with Gasteiger partial charge < -0.3 is 9.47 Å². The summed E-state index contributed by atoms with van der Waals surface area (Å²) in [6.07, 6.45) is 2.06. The summed E-state index contributed by atoms with van der Waals surface area (Å²) in [5.74, 6) is -2.01. The SMILES string of the molecule is COC(=O)C(C(=O)OC)C(C)(C)C1=CC1(C)C. The van der Waals surface area contributed by atoms with Gasteiger partial charge in [0.05, 0.1) is 14.2 Å². The van der Waals surface area contributed by atoms with Crippen molar-refractivity contribution >= 4 is 11.9 Å². The average molecular weight is 240 g/mol. The van der Waals surface area contributed by atoms with Crippen LogP contribution < -0.4 is 0 Å². The van der Waals surface area contributed by atoms with Crippen LogP contribution in [0.5, 0.6) is 0 Å². The number of hydrogen-bond acceptors (Lipinski definition) is 4. The van der Waals surface area contributed by atoms with E-state index >= 15 is 0 Å². The molecule has 0 aromatic heterocycles. The van der Waals surface area contributed by atoms with E-state index in [4.69, 9.17) is 9.47 Å². The third kappa shape index (κ3) is 2.35. The molecule has 0 amide bonds. The predicted octanol–water partition coefficient (Wildman–Crippen LogP) is 1.94. The van der Waals surface area contributed by atoms with Crippen LogP contribution in [0.4, 0.5) is 0 Å². The smallest absolute Gasteiger partial charge is 0.320 e. The Morgan fingerprint density at radius 3 is 1.76 bits per heavy atom. The molecule has 0 bridgehead atoms. The molecule has 96 valence electrons. The van der Waals surface area contributed by atoms with Gasteiger partial charge in [-0.05, 0) is 0 Å². The Bertz CT molecular complexity index is 361. The van der Waals surface area contributed by atoms with Gasteiger partial charge in [-0.15, -0.1) is 0 Å². The Morgan fingerprint density at radius 2 is 1.53 bits per heavy atom. The summed E-state index contributed by atoms with van der Waals surface area (Å²) < 4.78 is 9.40. The number of carbonyl (C=O) groups is 2. The van der Waals surface area contributed by atoms with Gasteiger partial charge in [0.2, 0.25) is 0 Å². The highest BCUT2D eigenvalue weighted by Gasteiger charge is 2.53. The van der Waals surface area contributed by atoms with Gasteiger partial charge in [-0.1, -0.05) is 39.3 Å². The molecule has 0 saturated heterocycles. The lowest BCUT2D eigenvalue weighted by Crippen LogP contribution is -2.39. The van der Waals surface area contributed by atoms with Crippen LogP contribution in [0.25, 0.3) is 0 Å². The van der Waals surface area contributed by atoms with Gasteiger partial charge in [-0.3, -0.25) is 9.59 Å². The molecule has 0 fully saturated rings. The van der Waals surface area contributed by atoms with Gasteiger partial charge in [0.1, 0.15) is 0 Å². The average Bonchev–Trinajstić information content (AvgIpc) is 2.88. The maximum Gasteiger partial charge on any atom is 0.320 e. The van der Waals surface area contributed by atoms with E-state index in [0.717, 1.165) is 5.57 Å². The second-order valence-corrected chi connectivity index (χ2v) is 5.48. The summed E-state index contributed by atoms with van der Waals surface area (Å²) in [7, 11) is 2.56. The fraction of sp³-hybridized carbons (Fsp3) is 0.692. The Kier molecular flexibility index (Phi) is 3.37. The Labute approximate surface area is 102 Å². The van der Waals surface area contributed by atoms with Crippen molar-refractivity contribution in [3.05, 3.63) is 11.6 Å². The molecule has 17 heavy (non-hydrogen) atoms. The van der Waals surface area contributed by atoms with E-state index in [2.05, 4.69) is 19.9 Å². The highest BCUT2D eigenvalue weighted by atomic mass is 16.5. The van der Waals surface area contributed by atoms with E-state index in [1.54, 1.807) is 0 Å². The van der Waals surface area contributed by atoms with E-state index < -0.39 is 23.3 Å². The minimum absolute atomic E-state index is 0.0240. The molecule has 0 heterocycles. The van der Waals surface area contributed by atoms with Gasteiger partial charge in [0, 0.05) is 10.8 Å². The lowest BCUT2D eigenvalue weighted by molar-refractivity contribution is -0.163. The van der Waals surface area contributed by atoms with Crippen LogP contribution in [0, 0.1) is 16.7 Å². The summed E-state index contributed by atoms with van der Waals surface area (Å²) >= 11 is 0. The Balaban J connectivity index is 3.02. The van der Waals surface area contributed by atoms with Crippen molar-refractivity contribution < 1.29 is 19.1 Å². The van der Waals surface area contributed by atoms with Crippen molar-refractivity contribution in [3.63, 3.8) is 0 Å². The molecule has 1 rings (SSSR count). The van der Waals surface area contributed by atoms with Crippen LogP contribution in [-0.4, -0.2) is 26.2 Å². The first kappa shape index (κ1) is 13.7. The molecule has 1 aliphatic rings. The molecule has 0 spiro atoms. The van der Waals surface area contributed by atoms with Crippen molar-refractivity contribution in [1.29, 1.82) is 0 Å². The minimum Gasteiger partial charge on any atom is -0.468 e. The van der Waals surface area contributed by atoms with E-state index in [9.17, 15) is 9.59 Å². The van der Waals surface area contributed by atoms with Crippen LogP contribution in [0.3, 0.4) is 0 Å². The number of esters is 2. The fourth-order valence-electron chi connectivity index (χ4n) is 2.42. The van der Waals surface area contributed by atoms with E-state index in [1.807, 2.05) is 13.8 Å². The second-order valence-electron chi connectivity index (χ2n) is 5.48. The van der Waals surface area contributed by atoms with Gasteiger partial charge in [-0.25, -0.2) is 0 Å². The fourth-order valence-corrected chi connectivity index (χ4v) is 2.42. The number of carbonyl (C=O) groups excluding carboxylic acids is 2. The number of allylic oxidation sites excluding steroid dienone is 2. The van der Waals surface area contributed by atoms with E-state index in [1.165, 1.54) is 14.2 Å². The van der Waals surface area contributed by atoms with Crippen LogP contribution in [0.1, 0.15) is 27.7 Å². The van der Waals surface area contributed by atoms with Crippen molar-refractivity contribution in [1.82, 2.24) is 0 Å². The molecular formula is C13H20O4. The zero-order valence-corrected chi connectivity index (χ0v) is 11.3. The van der Waals surface area contributed by atoms with Crippen molar-refractivity contribution in [2.24, 2.45) is 16.7 Å². The zero-order chi connectivity index (χ0) is 13.4. The number of methoxy groups -OCH3 is 2. The normalized spacial score (nSPS) is 17.5. The van der Waals surface area contributed by atoms with Crippen molar-refractivity contribution in [2.75, 3.05) is 14.2 Å². The third-order valence-electron chi connectivity index (χ3n) is 3.41. The summed E-state index contributed by atoms with van der Waals surface area (Å²) in [4.78, 5) is 23.5. The zero-order valence-electron chi connectivity index (χ0n) is 11.3. The minimum atomic E-state index is -0.912. The Hall–Kier alpha value is -1.32. The Morgan fingerprint density at radius 1 is 1.18 bits per heavy atom. The van der Waals surface area contributed by atoms with Crippen LogP contribution in [0.2, 0.25) is 0 Å². The largest absolute Gasteiger partial charge is 0.468 e. The summed E-state index contributed by atoms with van der Waals surface area (Å²) in [5, 5.41) is 0. The highest BCUT2D eigenvalue weighted by Crippen LogP contribution is 2.56. The van der Waals surface area contributed by atoms with Crippen LogP contribution in [-0.2, 0) is 19.1 Å². The molecule has 0 aromatic rings. The van der Waals surface area contributed by atoms with Gasteiger partial charge in [0.25, 0.3) is 0 Å². The molecular weight excluding hydrogens is 220 g/mol. The molecule has 0 radical (unpaired) electrons. The molecule has 1 aliphatic carbocycles. The van der Waals surface area contributed by atoms with Crippen molar-refractivity contribution in [3.8, 4) is 0 Å².